The summed E-state index contributed by atoms with van der Waals surface area (Å²) in [7, 11) is 0. The first-order chi connectivity index (χ1) is 4.92. The van der Waals surface area contributed by atoms with Crippen molar-refractivity contribution in [3.05, 3.63) is 0 Å². The molecule has 0 aromatic rings. The Morgan fingerprint density at radius 3 is 2.90 bits per heavy atom. The first kappa shape index (κ1) is 6.35. The molecule has 0 amide bonds. The Kier molecular flexibility index (Phi) is 1.49. The van der Waals surface area contributed by atoms with Crippen molar-refractivity contribution in [2.75, 3.05) is 13.2 Å². The number of rotatable bonds is 2. The van der Waals surface area contributed by atoms with Gasteiger partial charge >= 0.3 is 0 Å². The minimum atomic E-state index is 0.381. The van der Waals surface area contributed by atoms with Crippen molar-refractivity contribution in [1.82, 2.24) is 0 Å². The molecule has 1 saturated heterocycles. The quantitative estimate of drug-likeness (QED) is 0.532. The smallest absolute Gasteiger partial charge is 0.123 e. The number of carbonyl (C=O) groups excluding carboxylic acids is 1. The lowest BCUT2D eigenvalue weighted by Gasteiger charge is -2.02. The second-order valence-corrected chi connectivity index (χ2v) is 3.32. The van der Waals surface area contributed by atoms with Crippen LogP contribution in [0, 0.1) is 17.8 Å². The number of hydrogen-bond donors (Lipinski definition) is 0. The lowest BCUT2D eigenvalue weighted by atomic mass is 10.0. The van der Waals surface area contributed by atoms with Crippen molar-refractivity contribution in [3.63, 3.8) is 0 Å². The van der Waals surface area contributed by atoms with Crippen molar-refractivity contribution >= 4 is 6.29 Å². The van der Waals surface area contributed by atoms with Gasteiger partial charge in [-0.2, -0.15) is 0 Å². The lowest BCUT2D eigenvalue weighted by molar-refractivity contribution is -0.109. The molecule has 1 aliphatic carbocycles. The second-order valence-electron chi connectivity index (χ2n) is 3.32. The van der Waals surface area contributed by atoms with Crippen LogP contribution in [0.4, 0.5) is 0 Å². The zero-order valence-electron chi connectivity index (χ0n) is 5.95. The summed E-state index contributed by atoms with van der Waals surface area (Å²) in [4.78, 5) is 10.3. The third kappa shape index (κ3) is 0.966. The first-order valence-corrected chi connectivity index (χ1v) is 3.95. The van der Waals surface area contributed by atoms with E-state index >= 15 is 0 Å². The predicted octanol–water partition coefficient (Wildman–Crippen LogP) is 0.858. The molecule has 1 saturated carbocycles. The highest BCUT2D eigenvalue weighted by molar-refractivity contribution is 5.58. The molecule has 0 aromatic carbocycles. The van der Waals surface area contributed by atoms with Crippen molar-refractivity contribution in [2.24, 2.45) is 17.8 Å². The Labute approximate surface area is 60.6 Å². The molecule has 2 aliphatic rings. The topological polar surface area (TPSA) is 26.3 Å². The Morgan fingerprint density at radius 1 is 1.50 bits per heavy atom. The zero-order valence-corrected chi connectivity index (χ0v) is 5.95. The number of ether oxygens (including phenoxy) is 1. The summed E-state index contributed by atoms with van der Waals surface area (Å²) in [6.45, 7) is 1.81. The Morgan fingerprint density at radius 2 is 2.40 bits per heavy atom. The van der Waals surface area contributed by atoms with Crippen LogP contribution >= 0.6 is 0 Å². The Bertz CT molecular complexity index is 138. The fraction of sp³-hybridized carbons (Fsp3) is 0.875. The molecule has 56 valence electrons. The molecule has 0 bridgehead atoms. The summed E-state index contributed by atoms with van der Waals surface area (Å²) in [6, 6.07) is 0. The summed E-state index contributed by atoms with van der Waals surface area (Å²) in [5.41, 5.74) is 0. The van der Waals surface area contributed by atoms with E-state index in [-0.39, 0.29) is 0 Å². The average molecular weight is 140 g/mol. The van der Waals surface area contributed by atoms with Gasteiger partial charge < -0.3 is 9.53 Å². The van der Waals surface area contributed by atoms with Crippen molar-refractivity contribution in [3.8, 4) is 0 Å². The van der Waals surface area contributed by atoms with E-state index in [9.17, 15) is 4.79 Å². The van der Waals surface area contributed by atoms with Gasteiger partial charge in [0.15, 0.2) is 0 Å². The van der Waals surface area contributed by atoms with E-state index < -0.39 is 0 Å². The highest BCUT2D eigenvalue weighted by Crippen LogP contribution is 2.45. The summed E-state index contributed by atoms with van der Waals surface area (Å²) in [6.07, 6.45) is 3.40. The van der Waals surface area contributed by atoms with E-state index in [2.05, 4.69) is 0 Å². The fourth-order valence-corrected chi connectivity index (χ4v) is 1.82. The van der Waals surface area contributed by atoms with Crippen molar-refractivity contribution in [1.29, 1.82) is 0 Å². The molecule has 1 aliphatic heterocycles. The standard InChI is InChI=1S/C8H12O2/c9-4-7-3-8(7)6-1-2-10-5-6/h4,6-8H,1-3,5H2/t6-,7-,8-/m0/s1. The molecule has 0 spiro atoms. The number of carbonyl (C=O) groups is 1. The van der Waals surface area contributed by atoms with Crippen LogP contribution in [-0.2, 0) is 9.53 Å². The van der Waals surface area contributed by atoms with Crippen LogP contribution in [0.5, 0.6) is 0 Å². The van der Waals surface area contributed by atoms with Gasteiger partial charge in [-0.1, -0.05) is 0 Å². The van der Waals surface area contributed by atoms with E-state index in [0.29, 0.717) is 17.8 Å². The maximum atomic E-state index is 10.3. The van der Waals surface area contributed by atoms with E-state index in [1.807, 2.05) is 0 Å². The summed E-state index contributed by atoms with van der Waals surface area (Å²) in [5.74, 6) is 1.77. The fourth-order valence-electron chi connectivity index (χ4n) is 1.82. The molecular weight excluding hydrogens is 128 g/mol. The molecule has 0 N–H and O–H groups in total. The third-order valence-electron chi connectivity index (χ3n) is 2.64. The van der Waals surface area contributed by atoms with E-state index in [1.165, 1.54) is 6.42 Å². The van der Waals surface area contributed by atoms with Gasteiger partial charge in [0.25, 0.3) is 0 Å². The summed E-state index contributed by atoms with van der Waals surface area (Å²) < 4.78 is 5.24. The van der Waals surface area contributed by atoms with Crippen LogP contribution in [0.1, 0.15) is 12.8 Å². The van der Waals surface area contributed by atoms with Gasteiger partial charge in [-0.05, 0) is 24.7 Å². The largest absolute Gasteiger partial charge is 0.381 e. The molecule has 1 heterocycles. The van der Waals surface area contributed by atoms with Gasteiger partial charge in [-0.25, -0.2) is 0 Å². The second kappa shape index (κ2) is 2.35. The molecular formula is C8H12O2. The first-order valence-electron chi connectivity index (χ1n) is 3.95. The molecule has 10 heavy (non-hydrogen) atoms. The normalized spacial score (nSPS) is 45.4. The van der Waals surface area contributed by atoms with Gasteiger partial charge in [0.05, 0.1) is 0 Å². The monoisotopic (exact) mass is 140 g/mol. The van der Waals surface area contributed by atoms with Crippen molar-refractivity contribution < 1.29 is 9.53 Å². The lowest BCUT2D eigenvalue weighted by Crippen LogP contribution is -2.03. The highest BCUT2D eigenvalue weighted by Gasteiger charge is 2.43. The minimum Gasteiger partial charge on any atom is -0.381 e. The van der Waals surface area contributed by atoms with E-state index in [0.717, 1.165) is 25.9 Å². The van der Waals surface area contributed by atoms with Gasteiger partial charge in [-0.15, -0.1) is 0 Å². The Balaban J connectivity index is 1.84. The molecule has 2 heteroatoms. The van der Waals surface area contributed by atoms with Crippen LogP contribution in [0.2, 0.25) is 0 Å². The molecule has 3 atom stereocenters. The molecule has 0 aromatic heterocycles. The Hall–Kier alpha value is -0.370. The molecule has 2 fully saturated rings. The number of hydrogen-bond acceptors (Lipinski definition) is 2. The van der Waals surface area contributed by atoms with Crippen LogP contribution < -0.4 is 0 Å². The average Bonchev–Trinajstić information content (AvgIpc) is 2.56. The summed E-state index contributed by atoms with van der Waals surface area (Å²) in [5, 5.41) is 0. The van der Waals surface area contributed by atoms with Crippen molar-refractivity contribution in [2.45, 2.75) is 12.8 Å². The molecule has 2 nitrogen and oxygen atoms in total. The van der Waals surface area contributed by atoms with Gasteiger partial charge in [0.1, 0.15) is 6.29 Å². The zero-order chi connectivity index (χ0) is 6.97. The molecule has 0 radical (unpaired) electrons. The highest BCUT2D eigenvalue weighted by atomic mass is 16.5. The van der Waals surface area contributed by atoms with E-state index in [4.69, 9.17) is 4.74 Å². The summed E-state index contributed by atoms with van der Waals surface area (Å²) >= 11 is 0. The number of aldehydes is 1. The van der Waals surface area contributed by atoms with Crippen LogP contribution in [0.3, 0.4) is 0 Å². The maximum Gasteiger partial charge on any atom is 0.123 e. The van der Waals surface area contributed by atoms with Gasteiger partial charge in [0.2, 0.25) is 0 Å². The van der Waals surface area contributed by atoms with Crippen LogP contribution in [0.15, 0.2) is 0 Å². The minimum absolute atomic E-state index is 0.381. The van der Waals surface area contributed by atoms with Gasteiger partial charge in [0, 0.05) is 19.1 Å². The third-order valence-corrected chi connectivity index (χ3v) is 2.64. The van der Waals surface area contributed by atoms with Crippen LogP contribution in [-0.4, -0.2) is 19.5 Å². The van der Waals surface area contributed by atoms with Gasteiger partial charge in [-0.3, -0.25) is 0 Å². The molecule has 0 unspecified atom stereocenters. The predicted molar refractivity (Wildman–Crippen MR) is 36.6 cm³/mol. The SMILES string of the molecule is O=C[C@@H]1C[C@H]1[C@H]1CCOC1. The molecule has 2 rings (SSSR count). The van der Waals surface area contributed by atoms with Crippen LogP contribution in [0.25, 0.3) is 0 Å². The van der Waals surface area contributed by atoms with E-state index in [1.54, 1.807) is 0 Å². The maximum absolute atomic E-state index is 10.3.